The smallest absolute Gasteiger partial charge is 0.134 e. The van der Waals surface area contributed by atoms with Gasteiger partial charge in [0.1, 0.15) is 11.6 Å². The first-order chi connectivity index (χ1) is 5.76. The molecule has 62 valence electrons. The van der Waals surface area contributed by atoms with E-state index in [1.54, 1.807) is 11.8 Å². The maximum absolute atomic E-state index is 5.42. The van der Waals surface area contributed by atoms with Crippen molar-refractivity contribution in [2.24, 2.45) is 0 Å². The molecule has 1 aliphatic heterocycles. The van der Waals surface area contributed by atoms with Crippen molar-refractivity contribution in [2.45, 2.75) is 4.90 Å². The van der Waals surface area contributed by atoms with E-state index in [1.807, 2.05) is 18.3 Å². The van der Waals surface area contributed by atoms with E-state index in [2.05, 4.69) is 18.7 Å². The van der Waals surface area contributed by atoms with Crippen LogP contribution in [0.3, 0.4) is 0 Å². The molecule has 0 amide bonds. The molecule has 0 N–H and O–H groups in total. The second-order valence-electron chi connectivity index (χ2n) is 2.72. The third-order valence-electron chi connectivity index (χ3n) is 1.98. The number of thioether (sulfide) groups is 1. The van der Waals surface area contributed by atoms with Crippen molar-refractivity contribution in [2.75, 3.05) is 5.88 Å². The zero-order chi connectivity index (χ0) is 8.60. The summed E-state index contributed by atoms with van der Waals surface area (Å²) in [6.45, 7) is 3.77. The molecule has 0 aromatic heterocycles. The van der Waals surface area contributed by atoms with Crippen LogP contribution >= 0.6 is 11.8 Å². The summed E-state index contributed by atoms with van der Waals surface area (Å²) in [6, 6.07) is 8.24. The summed E-state index contributed by atoms with van der Waals surface area (Å²) in [7, 11) is 0. The third kappa shape index (κ3) is 1.09. The molecule has 0 radical (unpaired) electrons. The number of quaternary nitrogens is 1. The van der Waals surface area contributed by atoms with Gasteiger partial charge in [-0.05, 0) is 18.7 Å². The number of para-hydroxylation sites is 1. The van der Waals surface area contributed by atoms with Gasteiger partial charge in [0, 0.05) is 0 Å². The minimum absolute atomic E-state index is 0.431. The predicted molar refractivity (Wildman–Crippen MR) is 56.5 cm³/mol. The maximum atomic E-state index is 5.42. The van der Waals surface area contributed by atoms with Crippen molar-refractivity contribution in [1.29, 1.82) is 0 Å². The van der Waals surface area contributed by atoms with E-state index in [0.717, 1.165) is 5.88 Å². The average molecular weight is 195 g/mol. The van der Waals surface area contributed by atoms with E-state index in [9.17, 15) is 0 Å². The van der Waals surface area contributed by atoms with E-state index in [4.69, 9.17) is 12.8 Å². The summed E-state index contributed by atoms with van der Waals surface area (Å²) in [5.41, 5.74) is 1.19. The Labute approximate surface area is 82.2 Å². The molecule has 0 saturated carbocycles. The molecule has 1 aromatic rings. The SMILES string of the molecule is C=C[N+]1([S-])CSc2ccccc21. The lowest BCUT2D eigenvalue weighted by Gasteiger charge is -2.34. The van der Waals surface area contributed by atoms with Crippen LogP contribution in [0, 0.1) is 0 Å². The standard InChI is InChI=1S/C9H9NS2/c1-2-10(11)7-12-9-6-4-3-5-8(9)10/h2-6H,1,7H2. The van der Waals surface area contributed by atoms with E-state index >= 15 is 0 Å². The zero-order valence-electron chi connectivity index (χ0n) is 6.56. The monoisotopic (exact) mass is 195 g/mol. The van der Waals surface area contributed by atoms with Gasteiger partial charge in [0.25, 0.3) is 0 Å². The van der Waals surface area contributed by atoms with Gasteiger partial charge < -0.3 is 16.7 Å². The quantitative estimate of drug-likeness (QED) is 0.499. The predicted octanol–water partition coefficient (Wildman–Crippen LogP) is 2.66. The highest BCUT2D eigenvalue weighted by molar-refractivity contribution is 8.00. The third-order valence-corrected chi connectivity index (χ3v) is 3.81. The van der Waals surface area contributed by atoms with Crippen LogP contribution in [0.1, 0.15) is 0 Å². The highest BCUT2D eigenvalue weighted by Crippen LogP contribution is 2.42. The lowest BCUT2D eigenvalue weighted by atomic mass is 10.3. The Bertz CT molecular complexity index is 324. The Kier molecular flexibility index (Phi) is 1.94. The Hall–Kier alpha value is -0.380. The number of benzene rings is 1. The molecule has 0 fully saturated rings. The summed E-state index contributed by atoms with van der Waals surface area (Å²) in [4.78, 5) is 1.28. The van der Waals surface area contributed by atoms with Gasteiger partial charge >= 0.3 is 0 Å². The molecule has 1 nitrogen and oxygen atoms in total. The molecule has 1 heterocycles. The van der Waals surface area contributed by atoms with Crippen molar-refractivity contribution in [3.8, 4) is 0 Å². The van der Waals surface area contributed by atoms with E-state index in [1.165, 1.54) is 10.6 Å². The lowest BCUT2D eigenvalue weighted by molar-refractivity contribution is 0.718. The van der Waals surface area contributed by atoms with Crippen LogP contribution in [0.2, 0.25) is 0 Å². The van der Waals surface area contributed by atoms with Crippen LogP contribution in [-0.2, 0) is 12.8 Å². The summed E-state index contributed by atoms with van der Waals surface area (Å²) in [6.07, 6.45) is 1.81. The van der Waals surface area contributed by atoms with E-state index < -0.39 is 0 Å². The number of nitrogens with zero attached hydrogens (tertiary/aromatic N) is 1. The summed E-state index contributed by atoms with van der Waals surface area (Å²) < 4.78 is 0.431. The van der Waals surface area contributed by atoms with Gasteiger partial charge in [-0.3, -0.25) is 0 Å². The number of hydrogen-bond donors (Lipinski definition) is 0. The fourth-order valence-corrected chi connectivity index (χ4v) is 2.78. The van der Waals surface area contributed by atoms with Gasteiger partial charge in [-0.1, -0.05) is 23.9 Å². The first-order valence-electron chi connectivity index (χ1n) is 3.71. The van der Waals surface area contributed by atoms with Gasteiger partial charge in [-0.15, -0.1) is 0 Å². The fourth-order valence-electron chi connectivity index (χ4n) is 1.28. The summed E-state index contributed by atoms with van der Waals surface area (Å²) in [5, 5.41) is 0. The van der Waals surface area contributed by atoms with Crippen LogP contribution in [0.5, 0.6) is 0 Å². The number of fused-ring (bicyclic) bond motifs is 1. The highest BCUT2D eigenvalue weighted by Gasteiger charge is 2.26. The lowest BCUT2D eigenvalue weighted by Crippen LogP contribution is -2.32. The van der Waals surface area contributed by atoms with Crippen LogP contribution in [-0.4, -0.2) is 5.88 Å². The minimum Gasteiger partial charge on any atom is -0.481 e. The number of hydrogen-bond acceptors (Lipinski definition) is 2. The molecular weight excluding hydrogens is 186 g/mol. The second-order valence-corrected chi connectivity index (χ2v) is 4.36. The second kappa shape index (κ2) is 2.83. The first kappa shape index (κ1) is 8.23. The maximum Gasteiger partial charge on any atom is 0.134 e. The van der Waals surface area contributed by atoms with Crippen LogP contribution < -0.4 is 3.89 Å². The summed E-state index contributed by atoms with van der Waals surface area (Å²) in [5.74, 6) is 0.887. The summed E-state index contributed by atoms with van der Waals surface area (Å²) >= 11 is 7.22. The molecule has 3 heteroatoms. The number of rotatable bonds is 1. The first-order valence-corrected chi connectivity index (χ1v) is 5.06. The van der Waals surface area contributed by atoms with E-state index in [-0.39, 0.29) is 0 Å². The molecule has 0 saturated heterocycles. The highest BCUT2D eigenvalue weighted by atomic mass is 32.2. The Morgan fingerprint density at radius 3 is 3.00 bits per heavy atom. The minimum atomic E-state index is 0.431. The van der Waals surface area contributed by atoms with Crippen molar-refractivity contribution < 1.29 is 0 Å². The van der Waals surface area contributed by atoms with Crippen molar-refractivity contribution in [3.05, 3.63) is 37.0 Å². The average Bonchev–Trinajstić information content (AvgIpc) is 2.46. The fraction of sp³-hybridized carbons (Fsp3) is 0.111. The Morgan fingerprint density at radius 1 is 1.50 bits per heavy atom. The largest absolute Gasteiger partial charge is 0.481 e. The molecule has 1 aromatic carbocycles. The molecule has 1 unspecified atom stereocenters. The van der Waals surface area contributed by atoms with Crippen molar-refractivity contribution >= 4 is 30.3 Å². The van der Waals surface area contributed by atoms with Gasteiger partial charge in [-0.25, -0.2) is 0 Å². The topological polar surface area (TPSA) is 0 Å². The normalized spacial score (nSPS) is 26.8. The van der Waals surface area contributed by atoms with Gasteiger partial charge in [0.15, 0.2) is 0 Å². The Balaban J connectivity index is 2.56. The van der Waals surface area contributed by atoms with Crippen molar-refractivity contribution in [1.82, 2.24) is 3.89 Å². The molecule has 0 bridgehead atoms. The molecule has 1 atom stereocenters. The van der Waals surface area contributed by atoms with Crippen molar-refractivity contribution in [3.63, 3.8) is 0 Å². The zero-order valence-corrected chi connectivity index (χ0v) is 8.20. The van der Waals surface area contributed by atoms with Gasteiger partial charge in [0.2, 0.25) is 0 Å². The van der Waals surface area contributed by atoms with Gasteiger partial charge in [0.05, 0.1) is 11.1 Å². The molecule has 12 heavy (non-hydrogen) atoms. The molecular formula is C9H9NS2. The molecule has 1 aliphatic rings. The molecule has 0 aliphatic carbocycles. The molecule has 2 rings (SSSR count). The molecule has 0 spiro atoms. The Morgan fingerprint density at radius 2 is 2.25 bits per heavy atom. The van der Waals surface area contributed by atoms with Gasteiger partial charge in [-0.2, -0.15) is 0 Å². The van der Waals surface area contributed by atoms with Crippen LogP contribution in [0.25, 0.3) is 0 Å². The van der Waals surface area contributed by atoms with Crippen LogP contribution in [0.4, 0.5) is 5.69 Å². The van der Waals surface area contributed by atoms with Crippen LogP contribution in [0.15, 0.2) is 41.9 Å². The van der Waals surface area contributed by atoms with E-state index in [0.29, 0.717) is 3.89 Å².